The third-order valence-electron chi connectivity index (χ3n) is 11.8. The van der Waals surface area contributed by atoms with Gasteiger partial charge in [-0.25, -0.2) is 13.1 Å². The lowest BCUT2D eigenvalue weighted by molar-refractivity contribution is -0.384. The Balaban J connectivity index is 0.991. The molecule has 1 amide bonds. The third kappa shape index (κ3) is 9.80. The molecule has 1 atom stereocenters. The molecular formula is C47H49ClN6O7S. The van der Waals surface area contributed by atoms with Gasteiger partial charge in [-0.3, -0.25) is 24.7 Å². The van der Waals surface area contributed by atoms with E-state index in [0.29, 0.717) is 43.6 Å². The maximum Gasteiger partial charge on any atom is 0.293 e. The zero-order valence-corrected chi connectivity index (χ0v) is 36.0. The Labute approximate surface area is 367 Å². The molecule has 13 nitrogen and oxygen atoms in total. The Morgan fingerprint density at radius 2 is 1.68 bits per heavy atom. The SMILES string of the molecule is CC(c1ccccc1-c1ccc(Cl)cc1)N1CCN(c2ccc(C(=O)NS(=O)(=O)c3ccc(NCCCN4CCOCC4)c([N+](=O)[O-])c3)c(Oc3cccc4c3C=CC4)c2)CC1. The van der Waals surface area contributed by atoms with E-state index in [0.717, 1.165) is 79.6 Å². The van der Waals surface area contributed by atoms with Crippen molar-refractivity contribution in [2.45, 2.75) is 30.7 Å². The number of hydrogen-bond donors (Lipinski definition) is 2. The highest BCUT2D eigenvalue weighted by atomic mass is 35.5. The molecule has 2 fully saturated rings. The number of hydrogen-bond acceptors (Lipinski definition) is 11. The normalized spacial score (nSPS) is 16.1. The summed E-state index contributed by atoms with van der Waals surface area (Å²) in [6, 6.07) is 30.9. The molecule has 15 heteroatoms. The van der Waals surface area contributed by atoms with E-state index >= 15 is 0 Å². The van der Waals surface area contributed by atoms with E-state index in [2.05, 4.69) is 49.9 Å². The number of carbonyl (C=O) groups excluding carboxylic acids is 1. The highest BCUT2D eigenvalue weighted by molar-refractivity contribution is 7.90. The average molecular weight is 877 g/mol. The molecular weight excluding hydrogens is 828 g/mol. The zero-order valence-electron chi connectivity index (χ0n) is 34.5. The molecule has 0 saturated carbocycles. The van der Waals surface area contributed by atoms with E-state index in [-0.39, 0.29) is 23.0 Å². The third-order valence-corrected chi connectivity index (χ3v) is 13.4. The highest BCUT2D eigenvalue weighted by Gasteiger charge is 2.28. The van der Waals surface area contributed by atoms with Crippen LogP contribution in [-0.2, 0) is 21.2 Å². The van der Waals surface area contributed by atoms with Crippen LogP contribution in [-0.4, -0.2) is 94.6 Å². The minimum absolute atomic E-state index is 0.00368. The van der Waals surface area contributed by atoms with Gasteiger partial charge in [0.25, 0.3) is 21.6 Å². The van der Waals surface area contributed by atoms with Gasteiger partial charge in [0.1, 0.15) is 17.2 Å². The Hall–Kier alpha value is -5.77. The van der Waals surface area contributed by atoms with Gasteiger partial charge < -0.3 is 19.7 Å². The number of nitro groups is 1. The fraction of sp³-hybridized carbons (Fsp3) is 0.298. The van der Waals surface area contributed by atoms with E-state index < -0.39 is 31.4 Å². The lowest BCUT2D eigenvalue weighted by atomic mass is 9.94. The maximum absolute atomic E-state index is 14.0. The standard InChI is InChI=1S/C47H49ClN6O7S/c1-33(39-9-2-3-10-40(39)35-13-15-36(48)16-14-35)52-23-25-53(26-24-52)37-17-19-42(46(31-37)61-45-12-5-8-34-7-4-11-41(34)45)47(55)50-62(58,59)38-18-20-43(44(32-38)54(56)57)49-21-6-22-51-27-29-60-30-28-51/h2-5,8-20,31-33,49H,6-7,21-30H2,1H3,(H,50,55). The number of carbonyl (C=O) groups is 1. The van der Waals surface area contributed by atoms with Crippen molar-refractivity contribution < 1.29 is 27.6 Å². The molecule has 2 aliphatic heterocycles. The second kappa shape index (κ2) is 19.1. The first-order chi connectivity index (χ1) is 30.0. The number of nitrogens with one attached hydrogen (secondary N) is 2. The molecule has 0 spiro atoms. The number of rotatable bonds is 15. The van der Waals surface area contributed by atoms with Gasteiger partial charge in [-0.05, 0) is 91.0 Å². The van der Waals surface area contributed by atoms with Crippen LogP contribution >= 0.6 is 11.6 Å². The van der Waals surface area contributed by atoms with Crippen LogP contribution in [0.3, 0.4) is 0 Å². The molecule has 2 heterocycles. The molecule has 0 bridgehead atoms. The van der Waals surface area contributed by atoms with Crippen molar-refractivity contribution in [1.29, 1.82) is 0 Å². The maximum atomic E-state index is 14.0. The molecule has 322 valence electrons. The molecule has 62 heavy (non-hydrogen) atoms. The van der Waals surface area contributed by atoms with E-state index in [4.69, 9.17) is 21.1 Å². The summed E-state index contributed by atoms with van der Waals surface area (Å²) in [4.78, 5) is 32.0. The number of anilines is 2. The van der Waals surface area contributed by atoms with Crippen LogP contribution in [0.15, 0.2) is 114 Å². The number of nitro benzene ring substituents is 1. The van der Waals surface area contributed by atoms with Gasteiger partial charge in [-0.1, -0.05) is 72.3 Å². The topological polar surface area (TPSA) is 147 Å². The summed E-state index contributed by atoms with van der Waals surface area (Å²) >= 11 is 6.19. The van der Waals surface area contributed by atoms with Crippen LogP contribution < -0.4 is 19.7 Å². The number of amides is 1. The number of ether oxygens (including phenoxy) is 2. The van der Waals surface area contributed by atoms with Gasteiger partial charge in [0.15, 0.2) is 0 Å². The summed E-state index contributed by atoms with van der Waals surface area (Å²) in [7, 11) is -4.55. The number of morpholine rings is 1. The number of nitrogens with zero attached hydrogens (tertiary/aromatic N) is 4. The van der Waals surface area contributed by atoms with Crippen molar-refractivity contribution in [3.8, 4) is 22.6 Å². The van der Waals surface area contributed by atoms with Gasteiger partial charge in [0.2, 0.25) is 0 Å². The number of halogens is 1. The van der Waals surface area contributed by atoms with Gasteiger partial charge in [0.05, 0.1) is 28.6 Å². The molecule has 5 aromatic rings. The summed E-state index contributed by atoms with van der Waals surface area (Å²) in [5.74, 6) is -0.216. The number of sulfonamides is 1. The van der Waals surface area contributed by atoms with Crippen molar-refractivity contribution in [1.82, 2.24) is 14.5 Å². The second-order valence-electron chi connectivity index (χ2n) is 15.6. The van der Waals surface area contributed by atoms with Crippen LogP contribution in [0.4, 0.5) is 17.1 Å². The van der Waals surface area contributed by atoms with Gasteiger partial charge in [-0.2, -0.15) is 0 Å². The number of allylic oxidation sites excluding steroid dienone is 1. The predicted molar refractivity (Wildman–Crippen MR) is 243 cm³/mol. The van der Waals surface area contributed by atoms with E-state index in [9.17, 15) is 23.3 Å². The van der Waals surface area contributed by atoms with Crippen molar-refractivity contribution >= 4 is 50.7 Å². The fourth-order valence-corrected chi connectivity index (χ4v) is 9.44. The smallest absolute Gasteiger partial charge is 0.293 e. The lowest BCUT2D eigenvalue weighted by Gasteiger charge is -2.40. The molecule has 0 aromatic heterocycles. The van der Waals surface area contributed by atoms with Crippen molar-refractivity contribution in [2.75, 3.05) is 75.8 Å². The van der Waals surface area contributed by atoms with Gasteiger partial charge in [0, 0.05) is 80.3 Å². The summed E-state index contributed by atoms with van der Waals surface area (Å²) in [5, 5.41) is 15.9. The molecule has 5 aromatic carbocycles. The molecule has 0 radical (unpaired) electrons. The van der Waals surface area contributed by atoms with Crippen LogP contribution in [0.2, 0.25) is 5.02 Å². The monoisotopic (exact) mass is 876 g/mol. The predicted octanol–water partition coefficient (Wildman–Crippen LogP) is 8.41. The van der Waals surface area contributed by atoms with Gasteiger partial charge >= 0.3 is 0 Å². The molecule has 2 N–H and O–H groups in total. The highest BCUT2D eigenvalue weighted by Crippen LogP contribution is 2.38. The minimum atomic E-state index is -4.55. The first-order valence-electron chi connectivity index (χ1n) is 20.9. The van der Waals surface area contributed by atoms with Crippen molar-refractivity contribution in [3.63, 3.8) is 0 Å². The van der Waals surface area contributed by atoms with Crippen LogP contribution in [0.1, 0.15) is 46.4 Å². The first-order valence-corrected chi connectivity index (χ1v) is 22.7. The quantitative estimate of drug-likeness (QED) is 0.0594. The van der Waals surface area contributed by atoms with Crippen LogP contribution in [0.25, 0.3) is 17.2 Å². The lowest BCUT2D eigenvalue weighted by Crippen LogP contribution is -2.47. The fourth-order valence-electron chi connectivity index (χ4n) is 8.33. The molecule has 3 aliphatic rings. The Morgan fingerprint density at radius 1 is 0.903 bits per heavy atom. The number of piperazine rings is 1. The Morgan fingerprint density at radius 3 is 2.45 bits per heavy atom. The first kappa shape index (κ1) is 42.9. The minimum Gasteiger partial charge on any atom is -0.456 e. The molecule has 1 aliphatic carbocycles. The van der Waals surface area contributed by atoms with E-state index in [1.54, 1.807) is 18.2 Å². The zero-order chi connectivity index (χ0) is 43.2. The summed E-state index contributed by atoms with van der Waals surface area (Å²) in [6.45, 7) is 9.47. The second-order valence-corrected chi connectivity index (χ2v) is 17.7. The van der Waals surface area contributed by atoms with E-state index in [1.165, 1.54) is 17.7 Å². The Kier molecular flexibility index (Phi) is 13.2. The Bertz CT molecular complexity index is 2570. The van der Waals surface area contributed by atoms with Crippen molar-refractivity contribution in [3.05, 3.63) is 147 Å². The average Bonchev–Trinajstić information content (AvgIpc) is 3.78. The molecule has 1 unspecified atom stereocenters. The van der Waals surface area contributed by atoms with E-state index in [1.807, 2.05) is 60.7 Å². The summed E-state index contributed by atoms with van der Waals surface area (Å²) < 4.78 is 41.5. The number of fused-ring (bicyclic) bond motifs is 1. The van der Waals surface area contributed by atoms with Crippen LogP contribution in [0, 0.1) is 10.1 Å². The molecule has 8 rings (SSSR count). The summed E-state index contributed by atoms with van der Waals surface area (Å²) in [6.07, 6.45) is 5.49. The van der Waals surface area contributed by atoms with Crippen LogP contribution in [0.5, 0.6) is 11.5 Å². The number of benzene rings is 5. The van der Waals surface area contributed by atoms with Gasteiger partial charge in [-0.15, -0.1) is 0 Å². The molecule has 2 saturated heterocycles. The summed E-state index contributed by atoms with van der Waals surface area (Å²) in [5.41, 5.74) is 6.06. The largest absolute Gasteiger partial charge is 0.456 e. The van der Waals surface area contributed by atoms with Crippen molar-refractivity contribution in [2.24, 2.45) is 0 Å².